The number of pyridine rings is 1. The standard InChI is InChI=1S/C26H15N5S/c1-3-7-20-18(5-1)24-25(23-19-6-2-4-8-21(19)32-22(23)13-28-24)31(20)17-11-9-16(10-12-17)26-29-14-27-15-30-26/h1-15H. The summed E-state index contributed by atoms with van der Waals surface area (Å²) in [6, 6.07) is 25.4. The van der Waals surface area contributed by atoms with Crippen LogP contribution in [0.2, 0.25) is 0 Å². The third-order valence-corrected chi connectivity index (χ3v) is 7.00. The molecule has 0 aliphatic heterocycles. The van der Waals surface area contributed by atoms with E-state index in [2.05, 4.69) is 92.3 Å². The van der Waals surface area contributed by atoms with Crippen LogP contribution in [0.15, 0.2) is 91.6 Å². The van der Waals surface area contributed by atoms with Crippen LogP contribution in [0.25, 0.3) is 59.2 Å². The second kappa shape index (κ2) is 6.67. The molecule has 0 aliphatic rings. The Morgan fingerprint density at radius 1 is 0.688 bits per heavy atom. The van der Waals surface area contributed by atoms with Crippen LogP contribution in [-0.4, -0.2) is 24.5 Å². The van der Waals surface area contributed by atoms with Crippen LogP contribution < -0.4 is 0 Å². The molecule has 4 aromatic heterocycles. The summed E-state index contributed by atoms with van der Waals surface area (Å²) in [4.78, 5) is 17.4. The SMILES string of the molecule is c1ccc2c(c1)sc1cnc3c4ccccc4n(-c4ccc(-c5ncncn5)cc4)c3c12. The maximum Gasteiger partial charge on any atom is 0.162 e. The van der Waals surface area contributed by atoms with E-state index in [0.29, 0.717) is 5.82 Å². The normalized spacial score (nSPS) is 11.8. The van der Waals surface area contributed by atoms with Crippen molar-refractivity contribution in [3.63, 3.8) is 0 Å². The summed E-state index contributed by atoms with van der Waals surface area (Å²) in [7, 11) is 0. The topological polar surface area (TPSA) is 56.5 Å². The molecule has 0 bridgehead atoms. The smallest absolute Gasteiger partial charge is 0.162 e. The van der Waals surface area contributed by atoms with E-state index >= 15 is 0 Å². The molecule has 3 aromatic carbocycles. The molecule has 0 saturated heterocycles. The van der Waals surface area contributed by atoms with Crippen LogP contribution in [0.1, 0.15) is 0 Å². The minimum Gasteiger partial charge on any atom is -0.307 e. The van der Waals surface area contributed by atoms with Gasteiger partial charge >= 0.3 is 0 Å². The van der Waals surface area contributed by atoms with Crippen LogP contribution in [0.5, 0.6) is 0 Å². The second-order valence-corrected chi connectivity index (χ2v) is 8.74. The van der Waals surface area contributed by atoms with Gasteiger partial charge in [-0.3, -0.25) is 4.98 Å². The quantitative estimate of drug-likeness (QED) is 0.319. The van der Waals surface area contributed by atoms with Crippen LogP contribution >= 0.6 is 11.3 Å². The third-order valence-electron chi connectivity index (χ3n) is 5.90. The van der Waals surface area contributed by atoms with Gasteiger partial charge in [-0.2, -0.15) is 0 Å². The Morgan fingerprint density at radius 2 is 1.44 bits per heavy atom. The Hall–Kier alpha value is -4.16. The van der Waals surface area contributed by atoms with Crippen molar-refractivity contribution in [2.24, 2.45) is 0 Å². The van der Waals surface area contributed by atoms with Gasteiger partial charge in [-0.1, -0.05) is 36.4 Å². The molecule has 32 heavy (non-hydrogen) atoms. The summed E-state index contributed by atoms with van der Waals surface area (Å²) in [6.45, 7) is 0. The highest BCUT2D eigenvalue weighted by Crippen LogP contribution is 2.41. The van der Waals surface area contributed by atoms with Gasteiger partial charge in [0.25, 0.3) is 0 Å². The van der Waals surface area contributed by atoms with Gasteiger partial charge in [-0.05, 0) is 36.4 Å². The van der Waals surface area contributed by atoms with Gasteiger partial charge in [0, 0.05) is 38.3 Å². The lowest BCUT2D eigenvalue weighted by Gasteiger charge is -2.09. The van der Waals surface area contributed by atoms with Crippen molar-refractivity contribution in [3.05, 3.63) is 91.6 Å². The first-order valence-corrected chi connectivity index (χ1v) is 11.1. The lowest BCUT2D eigenvalue weighted by Crippen LogP contribution is -1.95. The monoisotopic (exact) mass is 429 g/mol. The Bertz CT molecular complexity index is 1770. The second-order valence-electron chi connectivity index (χ2n) is 7.65. The zero-order chi connectivity index (χ0) is 21.1. The molecule has 4 heterocycles. The van der Waals surface area contributed by atoms with Crippen molar-refractivity contribution in [2.75, 3.05) is 0 Å². The molecule has 150 valence electrons. The van der Waals surface area contributed by atoms with Crippen molar-refractivity contribution in [1.82, 2.24) is 24.5 Å². The van der Waals surface area contributed by atoms with Crippen LogP contribution in [0.4, 0.5) is 0 Å². The number of benzene rings is 3. The molecule has 5 nitrogen and oxygen atoms in total. The molecule has 0 spiro atoms. The molecule has 7 aromatic rings. The number of thiophene rings is 1. The van der Waals surface area contributed by atoms with E-state index in [-0.39, 0.29) is 0 Å². The summed E-state index contributed by atoms with van der Waals surface area (Å²) in [5, 5.41) is 3.68. The lowest BCUT2D eigenvalue weighted by atomic mass is 10.1. The number of hydrogen-bond donors (Lipinski definition) is 0. The van der Waals surface area contributed by atoms with Gasteiger partial charge in [0.05, 0.1) is 21.3 Å². The fraction of sp³-hybridized carbons (Fsp3) is 0. The highest BCUT2D eigenvalue weighted by atomic mass is 32.1. The zero-order valence-electron chi connectivity index (χ0n) is 16.8. The van der Waals surface area contributed by atoms with Gasteiger partial charge in [0.15, 0.2) is 5.82 Å². The maximum absolute atomic E-state index is 4.91. The minimum absolute atomic E-state index is 0.668. The van der Waals surface area contributed by atoms with E-state index in [1.807, 2.05) is 6.20 Å². The van der Waals surface area contributed by atoms with Crippen molar-refractivity contribution in [1.29, 1.82) is 0 Å². The number of aromatic nitrogens is 5. The van der Waals surface area contributed by atoms with Crippen LogP contribution in [0.3, 0.4) is 0 Å². The largest absolute Gasteiger partial charge is 0.307 e. The van der Waals surface area contributed by atoms with Gasteiger partial charge in [-0.15, -0.1) is 11.3 Å². The van der Waals surface area contributed by atoms with Crippen LogP contribution in [0, 0.1) is 0 Å². The molecular formula is C26H15N5S. The van der Waals surface area contributed by atoms with Gasteiger partial charge < -0.3 is 4.57 Å². The predicted octanol–water partition coefficient (Wildman–Crippen LogP) is 6.40. The summed E-state index contributed by atoms with van der Waals surface area (Å²) in [5.41, 5.74) is 5.36. The molecule has 0 unspecified atom stereocenters. The molecule has 0 amide bonds. The maximum atomic E-state index is 4.91. The first-order valence-electron chi connectivity index (χ1n) is 10.3. The summed E-state index contributed by atoms with van der Waals surface area (Å²) in [6.07, 6.45) is 5.06. The number of fused-ring (bicyclic) bond motifs is 7. The molecule has 0 fully saturated rings. The summed E-state index contributed by atoms with van der Waals surface area (Å²) >= 11 is 1.79. The van der Waals surface area contributed by atoms with Crippen LogP contribution in [-0.2, 0) is 0 Å². The fourth-order valence-corrected chi connectivity index (χ4v) is 5.60. The molecule has 0 radical (unpaired) electrons. The fourth-order valence-electron chi connectivity index (χ4n) is 4.52. The van der Waals surface area contributed by atoms with E-state index in [4.69, 9.17) is 4.98 Å². The van der Waals surface area contributed by atoms with Gasteiger partial charge in [0.2, 0.25) is 0 Å². The molecule has 0 saturated carbocycles. The van der Waals surface area contributed by atoms with E-state index in [1.165, 1.54) is 32.8 Å². The first-order chi connectivity index (χ1) is 15.9. The van der Waals surface area contributed by atoms with Gasteiger partial charge in [-0.25, -0.2) is 15.0 Å². The van der Waals surface area contributed by atoms with E-state index in [9.17, 15) is 0 Å². The summed E-state index contributed by atoms with van der Waals surface area (Å²) < 4.78 is 4.81. The predicted molar refractivity (Wildman–Crippen MR) is 130 cm³/mol. The molecule has 7 rings (SSSR count). The third kappa shape index (κ3) is 2.44. The van der Waals surface area contributed by atoms with Crippen molar-refractivity contribution in [2.45, 2.75) is 0 Å². The zero-order valence-corrected chi connectivity index (χ0v) is 17.6. The van der Waals surface area contributed by atoms with Crippen molar-refractivity contribution >= 4 is 53.4 Å². The van der Waals surface area contributed by atoms with E-state index in [1.54, 1.807) is 11.3 Å². The van der Waals surface area contributed by atoms with Crippen molar-refractivity contribution < 1.29 is 0 Å². The highest BCUT2D eigenvalue weighted by Gasteiger charge is 2.18. The highest BCUT2D eigenvalue weighted by molar-refractivity contribution is 7.26. The van der Waals surface area contributed by atoms with E-state index in [0.717, 1.165) is 33.2 Å². The Morgan fingerprint density at radius 3 is 2.28 bits per heavy atom. The number of nitrogens with zero attached hydrogens (tertiary/aromatic N) is 5. The van der Waals surface area contributed by atoms with Gasteiger partial charge in [0.1, 0.15) is 12.7 Å². The molecule has 0 atom stereocenters. The Kier molecular flexibility index (Phi) is 3.65. The molecule has 0 aliphatic carbocycles. The average molecular weight is 430 g/mol. The average Bonchev–Trinajstić information content (AvgIpc) is 3.40. The molecular weight excluding hydrogens is 414 g/mol. The number of para-hydroxylation sites is 1. The summed E-state index contributed by atoms with van der Waals surface area (Å²) in [5.74, 6) is 0.668. The van der Waals surface area contributed by atoms with E-state index < -0.39 is 0 Å². The number of rotatable bonds is 2. The lowest BCUT2D eigenvalue weighted by molar-refractivity contribution is 1.05. The van der Waals surface area contributed by atoms with Crippen molar-refractivity contribution in [3.8, 4) is 17.1 Å². The first kappa shape index (κ1) is 17.5. The Balaban J connectivity index is 1.59. The Labute approximate surface area is 186 Å². The molecule has 0 N–H and O–H groups in total. The molecule has 6 heteroatoms. The minimum atomic E-state index is 0.668. The number of hydrogen-bond acceptors (Lipinski definition) is 5.